The molecular formula is C13H28N2O. The fraction of sp³-hybridized carbons (Fsp3) is 1.00. The van der Waals surface area contributed by atoms with E-state index in [0.717, 1.165) is 19.4 Å². The van der Waals surface area contributed by atoms with Crippen molar-refractivity contribution in [3.05, 3.63) is 0 Å². The minimum Gasteiger partial charge on any atom is -0.396 e. The summed E-state index contributed by atoms with van der Waals surface area (Å²) in [6.45, 7) is 4.82. The number of hydrogen-bond donors (Lipinski definition) is 3. The lowest BCUT2D eigenvalue weighted by Gasteiger charge is -2.21. The number of aliphatic hydroxyl groups excluding tert-OH is 1. The van der Waals surface area contributed by atoms with Crippen LogP contribution in [0, 0.1) is 0 Å². The van der Waals surface area contributed by atoms with Crippen LogP contribution in [0.25, 0.3) is 0 Å². The van der Waals surface area contributed by atoms with Crippen molar-refractivity contribution in [1.82, 2.24) is 10.6 Å². The standard InChI is InChI=1S/C13H28N2O/c1-12(14-8-5-6-10-16)11-13-7-3-2-4-9-15-13/h12-16H,2-11H2,1H3. The summed E-state index contributed by atoms with van der Waals surface area (Å²) in [5.74, 6) is 0. The van der Waals surface area contributed by atoms with Crippen molar-refractivity contribution in [3.8, 4) is 0 Å². The third kappa shape index (κ3) is 6.46. The van der Waals surface area contributed by atoms with E-state index in [4.69, 9.17) is 5.11 Å². The molecule has 0 spiro atoms. The Bertz CT molecular complexity index is 156. The van der Waals surface area contributed by atoms with Gasteiger partial charge in [-0.05, 0) is 52.1 Å². The van der Waals surface area contributed by atoms with Crippen molar-refractivity contribution in [2.24, 2.45) is 0 Å². The fourth-order valence-electron chi connectivity index (χ4n) is 2.40. The number of nitrogens with one attached hydrogen (secondary N) is 2. The second-order valence-corrected chi connectivity index (χ2v) is 5.02. The zero-order chi connectivity index (χ0) is 11.6. The highest BCUT2D eigenvalue weighted by Gasteiger charge is 2.14. The molecule has 16 heavy (non-hydrogen) atoms. The minimum absolute atomic E-state index is 0.320. The molecule has 0 radical (unpaired) electrons. The van der Waals surface area contributed by atoms with E-state index >= 15 is 0 Å². The molecule has 0 aromatic rings. The first-order valence-corrected chi connectivity index (χ1v) is 6.90. The largest absolute Gasteiger partial charge is 0.396 e. The van der Waals surface area contributed by atoms with Crippen LogP contribution in [0.4, 0.5) is 0 Å². The molecule has 0 saturated carbocycles. The molecule has 1 aliphatic heterocycles. The van der Waals surface area contributed by atoms with Crippen molar-refractivity contribution in [3.63, 3.8) is 0 Å². The van der Waals surface area contributed by atoms with E-state index in [1.165, 1.54) is 38.6 Å². The van der Waals surface area contributed by atoms with Crippen LogP contribution < -0.4 is 10.6 Å². The maximum atomic E-state index is 8.69. The van der Waals surface area contributed by atoms with E-state index in [1.54, 1.807) is 0 Å². The second-order valence-electron chi connectivity index (χ2n) is 5.02. The topological polar surface area (TPSA) is 44.3 Å². The van der Waals surface area contributed by atoms with Gasteiger partial charge in [0.2, 0.25) is 0 Å². The fourth-order valence-corrected chi connectivity index (χ4v) is 2.40. The molecule has 1 fully saturated rings. The van der Waals surface area contributed by atoms with Gasteiger partial charge in [-0.3, -0.25) is 0 Å². The van der Waals surface area contributed by atoms with Gasteiger partial charge in [0.05, 0.1) is 0 Å². The molecule has 3 nitrogen and oxygen atoms in total. The molecular weight excluding hydrogens is 200 g/mol. The smallest absolute Gasteiger partial charge is 0.0431 e. The Morgan fingerprint density at radius 2 is 2.19 bits per heavy atom. The van der Waals surface area contributed by atoms with Gasteiger partial charge in [0.15, 0.2) is 0 Å². The zero-order valence-electron chi connectivity index (χ0n) is 10.7. The quantitative estimate of drug-likeness (QED) is 0.581. The molecule has 0 aliphatic carbocycles. The number of unbranched alkanes of at least 4 members (excludes halogenated alkanes) is 1. The lowest BCUT2D eigenvalue weighted by Crippen LogP contribution is -2.37. The first-order chi connectivity index (χ1) is 7.83. The number of hydrogen-bond acceptors (Lipinski definition) is 3. The van der Waals surface area contributed by atoms with Gasteiger partial charge in [0, 0.05) is 18.7 Å². The van der Waals surface area contributed by atoms with Crippen LogP contribution in [0.2, 0.25) is 0 Å². The summed E-state index contributed by atoms with van der Waals surface area (Å²) in [4.78, 5) is 0. The lowest BCUT2D eigenvalue weighted by atomic mass is 10.0. The molecule has 96 valence electrons. The van der Waals surface area contributed by atoms with Crippen LogP contribution in [-0.2, 0) is 0 Å². The molecule has 3 N–H and O–H groups in total. The van der Waals surface area contributed by atoms with Crippen LogP contribution >= 0.6 is 0 Å². The van der Waals surface area contributed by atoms with Crippen molar-refractivity contribution in [2.45, 2.75) is 64.0 Å². The van der Waals surface area contributed by atoms with E-state index < -0.39 is 0 Å². The van der Waals surface area contributed by atoms with Gasteiger partial charge < -0.3 is 15.7 Å². The van der Waals surface area contributed by atoms with E-state index in [1.807, 2.05) is 0 Å². The Balaban J connectivity index is 2.04. The molecule has 2 atom stereocenters. The molecule has 0 aromatic carbocycles. The molecule has 1 heterocycles. The number of rotatable bonds is 7. The highest BCUT2D eigenvalue weighted by molar-refractivity contribution is 4.75. The highest BCUT2D eigenvalue weighted by atomic mass is 16.2. The molecule has 2 unspecified atom stereocenters. The summed E-state index contributed by atoms with van der Waals surface area (Å²) < 4.78 is 0. The monoisotopic (exact) mass is 228 g/mol. The number of aliphatic hydroxyl groups is 1. The van der Waals surface area contributed by atoms with Gasteiger partial charge in [-0.25, -0.2) is 0 Å². The van der Waals surface area contributed by atoms with Crippen molar-refractivity contribution < 1.29 is 5.11 Å². The van der Waals surface area contributed by atoms with Crippen LogP contribution in [0.3, 0.4) is 0 Å². The Kier molecular flexibility index (Phi) is 7.81. The summed E-state index contributed by atoms with van der Waals surface area (Å²) in [7, 11) is 0. The highest BCUT2D eigenvalue weighted by Crippen LogP contribution is 2.12. The normalized spacial score (nSPS) is 24.0. The summed E-state index contributed by atoms with van der Waals surface area (Å²) in [6, 6.07) is 1.30. The van der Waals surface area contributed by atoms with Gasteiger partial charge in [-0.1, -0.05) is 12.8 Å². The van der Waals surface area contributed by atoms with E-state index in [9.17, 15) is 0 Å². The lowest BCUT2D eigenvalue weighted by molar-refractivity contribution is 0.282. The predicted octanol–water partition coefficient (Wildman–Crippen LogP) is 1.66. The Morgan fingerprint density at radius 3 is 3.00 bits per heavy atom. The zero-order valence-corrected chi connectivity index (χ0v) is 10.7. The van der Waals surface area contributed by atoms with E-state index in [2.05, 4.69) is 17.6 Å². The first-order valence-electron chi connectivity index (χ1n) is 6.90. The molecule has 3 heteroatoms. The molecule has 0 amide bonds. The molecule has 1 saturated heterocycles. The average Bonchev–Trinajstić information content (AvgIpc) is 2.53. The summed E-state index contributed by atoms with van der Waals surface area (Å²) >= 11 is 0. The van der Waals surface area contributed by atoms with Gasteiger partial charge in [-0.2, -0.15) is 0 Å². The maximum Gasteiger partial charge on any atom is 0.0431 e. The van der Waals surface area contributed by atoms with Gasteiger partial charge >= 0.3 is 0 Å². The molecule has 0 bridgehead atoms. The van der Waals surface area contributed by atoms with Crippen LogP contribution in [0.1, 0.15) is 51.9 Å². The maximum absolute atomic E-state index is 8.69. The van der Waals surface area contributed by atoms with Crippen LogP contribution in [0.15, 0.2) is 0 Å². The molecule has 1 aliphatic rings. The van der Waals surface area contributed by atoms with E-state index in [0.29, 0.717) is 18.7 Å². The van der Waals surface area contributed by atoms with Gasteiger partial charge in [0.25, 0.3) is 0 Å². The third-order valence-electron chi connectivity index (χ3n) is 3.38. The van der Waals surface area contributed by atoms with Crippen molar-refractivity contribution in [2.75, 3.05) is 19.7 Å². The van der Waals surface area contributed by atoms with Gasteiger partial charge in [0.1, 0.15) is 0 Å². The molecule has 1 rings (SSSR count). The predicted molar refractivity (Wildman–Crippen MR) is 68.7 cm³/mol. The summed E-state index contributed by atoms with van der Waals surface area (Å²) in [5, 5.41) is 15.9. The first kappa shape index (κ1) is 13.9. The molecule has 0 aromatic heterocycles. The Morgan fingerprint density at radius 1 is 1.31 bits per heavy atom. The SMILES string of the molecule is CC(CC1CCCCCN1)NCCCCO. The van der Waals surface area contributed by atoms with Crippen LogP contribution in [-0.4, -0.2) is 36.9 Å². The third-order valence-corrected chi connectivity index (χ3v) is 3.38. The van der Waals surface area contributed by atoms with Crippen molar-refractivity contribution >= 4 is 0 Å². The minimum atomic E-state index is 0.320. The Hall–Kier alpha value is -0.120. The average molecular weight is 228 g/mol. The van der Waals surface area contributed by atoms with Crippen LogP contribution in [0.5, 0.6) is 0 Å². The second kappa shape index (κ2) is 8.97. The van der Waals surface area contributed by atoms with Gasteiger partial charge in [-0.15, -0.1) is 0 Å². The Labute approximate surface area is 100 Å². The summed E-state index contributed by atoms with van der Waals surface area (Å²) in [6.07, 6.45) is 8.69. The van der Waals surface area contributed by atoms with E-state index in [-0.39, 0.29) is 0 Å². The van der Waals surface area contributed by atoms with Crippen molar-refractivity contribution in [1.29, 1.82) is 0 Å². The summed E-state index contributed by atoms with van der Waals surface area (Å²) in [5.41, 5.74) is 0.